The molecule has 0 aromatic carbocycles. The van der Waals surface area contributed by atoms with Crippen LogP contribution < -0.4 is 31.9 Å². The van der Waals surface area contributed by atoms with Crippen LogP contribution in [0.4, 0.5) is 8.78 Å². The van der Waals surface area contributed by atoms with Crippen molar-refractivity contribution in [2.24, 2.45) is 11.8 Å². The van der Waals surface area contributed by atoms with Gasteiger partial charge < -0.3 is 41.4 Å². The Balaban J connectivity index is 0.000000377. The highest BCUT2D eigenvalue weighted by Crippen LogP contribution is 2.15. The number of cyclic esters (lactones) is 2. The number of halogens is 2. The molecule has 6 N–H and O–H groups in total. The van der Waals surface area contributed by atoms with E-state index < -0.39 is 83.3 Å². The molecular formula is C48H60F2N8O11S2. The monoisotopic (exact) mass is 1030 g/mol. The number of ether oxygens (including phenoxy) is 2. The summed E-state index contributed by atoms with van der Waals surface area (Å²) < 4.78 is 39.3. The second-order valence-corrected chi connectivity index (χ2v) is 18.2. The number of hydrogen-bond donors (Lipinski definition) is 7. The summed E-state index contributed by atoms with van der Waals surface area (Å²) in [5.41, 5.74) is -0.653. The smallest absolute Gasteiger partial charge is 0.329 e. The van der Waals surface area contributed by atoms with Crippen LogP contribution in [0.3, 0.4) is 0 Å². The fourth-order valence-electron chi connectivity index (χ4n) is 6.31. The molecule has 0 spiro atoms. The molecule has 2 aliphatic heterocycles. The number of hydrogen-bond acceptors (Lipinski definition) is 15. The molecule has 0 radical (unpaired) electrons. The zero-order valence-electron chi connectivity index (χ0n) is 40.4. The lowest BCUT2D eigenvalue weighted by Gasteiger charge is -2.24. The first-order valence-corrected chi connectivity index (χ1v) is 24.2. The molecule has 4 heterocycles. The second kappa shape index (κ2) is 29.4. The van der Waals surface area contributed by atoms with E-state index in [1.165, 1.54) is 32.9 Å². The fourth-order valence-corrected chi connectivity index (χ4v) is 7.00. The Hall–Kier alpha value is -6.75. The van der Waals surface area contributed by atoms with Crippen molar-refractivity contribution in [1.29, 1.82) is 0 Å². The van der Waals surface area contributed by atoms with Crippen LogP contribution in [-0.2, 0) is 56.1 Å². The van der Waals surface area contributed by atoms with Crippen LogP contribution in [0, 0.1) is 23.5 Å². The molecule has 2 aliphatic rings. The predicted octanol–water partition coefficient (Wildman–Crippen LogP) is 3.96. The van der Waals surface area contributed by atoms with Crippen molar-refractivity contribution in [3.8, 4) is 0 Å². The number of pyridine rings is 2. The number of aromatic nitrogens is 2. The normalized spacial score (nSPS) is 21.4. The zero-order valence-corrected chi connectivity index (χ0v) is 42.1. The first-order valence-electron chi connectivity index (χ1n) is 22.6. The highest BCUT2D eigenvalue weighted by Gasteiger charge is 2.32. The van der Waals surface area contributed by atoms with Gasteiger partial charge in [-0.05, 0) is 68.6 Å². The van der Waals surface area contributed by atoms with Crippen molar-refractivity contribution in [2.45, 2.75) is 112 Å². The van der Waals surface area contributed by atoms with Crippen LogP contribution in [0.25, 0.3) is 0 Å². The average Bonchev–Trinajstić information content (AvgIpc) is 3.30. The third-order valence-electron chi connectivity index (χ3n) is 9.96. The number of carbonyl (C=O) groups is 9. The summed E-state index contributed by atoms with van der Waals surface area (Å²) in [6, 6.07) is 1.86. The topological polar surface area (TPSA) is 270 Å². The number of nitrogens with zero attached hydrogens (tertiary/aromatic N) is 2. The first-order chi connectivity index (χ1) is 33.6. The average molecular weight is 1030 g/mol. The maximum Gasteiger partial charge on any atom is 0.329 e. The minimum atomic E-state index is -1.08. The van der Waals surface area contributed by atoms with Crippen LogP contribution in [0.2, 0.25) is 0 Å². The Morgan fingerprint density at radius 1 is 0.690 bits per heavy atom. The number of nitrogens with one attached hydrogen (secondary N) is 6. The molecular weight excluding hydrogens is 967 g/mol. The minimum absolute atomic E-state index is 0.0229. The van der Waals surface area contributed by atoms with Gasteiger partial charge in [-0.2, -0.15) is 12.6 Å². The van der Waals surface area contributed by atoms with Crippen LogP contribution in [0.15, 0.2) is 72.1 Å². The summed E-state index contributed by atoms with van der Waals surface area (Å²) in [5.74, 6) is -6.70. The molecule has 4 rings (SSSR count). The van der Waals surface area contributed by atoms with Gasteiger partial charge in [0, 0.05) is 24.8 Å². The van der Waals surface area contributed by atoms with E-state index in [-0.39, 0.29) is 77.1 Å². The maximum atomic E-state index is 14.1. The molecule has 384 valence electrons. The molecule has 71 heavy (non-hydrogen) atoms. The number of thiol groups is 1. The van der Waals surface area contributed by atoms with Crippen molar-refractivity contribution >= 4 is 76.9 Å². The van der Waals surface area contributed by atoms with E-state index in [1.54, 1.807) is 52.0 Å². The van der Waals surface area contributed by atoms with Gasteiger partial charge in [-0.25, -0.2) is 28.3 Å². The van der Waals surface area contributed by atoms with E-state index in [1.807, 2.05) is 0 Å². The number of thioether (sulfide) groups is 1. The van der Waals surface area contributed by atoms with Crippen molar-refractivity contribution in [3.05, 3.63) is 107 Å². The number of esters is 2. The van der Waals surface area contributed by atoms with Gasteiger partial charge in [0.2, 0.25) is 11.8 Å². The van der Waals surface area contributed by atoms with Crippen molar-refractivity contribution < 1.29 is 61.4 Å². The second-order valence-electron chi connectivity index (χ2n) is 16.4. The van der Waals surface area contributed by atoms with Crippen LogP contribution in [-0.4, -0.2) is 98.3 Å². The zero-order chi connectivity index (χ0) is 52.8. The Morgan fingerprint density at radius 3 is 1.46 bits per heavy atom. The molecule has 0 unspecified atom stereocenters. The third kappa shape index (κ3) is 20.2. The predicted molar refractivity (Wildman–Crippen MR) is 262 cm³/mol. The number of allylic oxidation sites excluding steroid dienone is 4. The number of carbonyl (C=O) groups excluding carboxylic acids is 9. The van der Waals surface area contributed by atoms with Crippen molar-refractivity contribution in [2.75, 3.05) is 11.5 Å². The Morgan fingerprint density at radius 2 is 1.10 bits per heavy atom. The molecule has 19 nitrogen and oxygen atoms in total. The first kappa shape index (κ1) is 58.6. The van der Waals surface area contributed by atoms with Gasteiger partial charge in [-0.3, -0.25) is 33.6 Å². The van der Waals surface area contributed by atoms with Crippen LogP contribution >= 0.6 is 24.4 Å². The lowest BCUT2D eigenvalue weighted by Crippen LogP contribution is -2.48. The maximum absolute atomic E-state index is 14.1. The molecule has 0 fully saturated rings. The molecule has 2 aromatic heterocycles. The third-order valence-corrected chi connectivity index (χ3v) is 11.1. The molecule has 4 atom stereocenters. The van der Waals surface area contributed by atoms with E-state index in [4.69, 9.17) is 9.47 Å². The Kier molecular flexibility index (Phi) is 24.3. The van der Waals surface area contributed by atoms with Gasteiger partial charge >= 0.3 is 11.9 Å². The van der Waals surface area contributed by atoms with Gasteiger partial charge in [0.05, 0.1) is 37.3 Å². The Labute approximate surface area is 420 Å². The van der Waals surface area contributed by atoms with Crippen molar-refractivity contribution in [3.63, 3.8) is 0 Å². The lowest BCUT2D eigenvalue weighted by molar-refractivity contribution is -0.153. The molecule has 0 saturated heterocycles. The number of rotatable bonds is 9. The van der Waals surface area contributed by atoms with E-state index >= 15 is 0 Å². The van der Waals surface area contributed by atoms with Gasteiger partial charge in [0.1, 0.15) is 58.7 Å². The van der Waals surface area contributed by atoms with Gasteiger partial charge in [-0.1, -0.05) is 63.8 Å². The Bertz CT molecular complexity index is 2430. The highest BCUT2D eigenvalue weighted by atomic mass is 32.2. The van der Waals surface area contributed by atoms with E-state index in [2.05, 4.69) is 54.5 Å². The molecule has 6 amide bonds. The molecule has 4 bridgehead atoms. The van der Waals surface area contributed by atoms with E-state index in [9.17, 15) is 51.9 Å². The largest absolute Gasteiger partial charge is 0.456 e. The van der Waals surface area contributed by atoms with E-state index in [0.717, 1.165) is 36.0 Å². The van der Waals surface area contributed by atoms with Gasteiger partial charge in [0.25, 0.3) is 23.6 Å². The minimum Gasteiger partial charge on any atom is -0.456 e. The standard InChI is InChI=1S/C25H31FN4O6S.C23H29FN4O5S/c1-5-19-23(33)30-22(14(2)3)25(35)36-18(8-6-7-9-37-15(4)31)12-21(32)27-13-17-10-16(26)11-20(28-17)24(34)29-19;1-4-17-21(30)28-20(13(2)3)23(32)33-16(7-5-6-8-34)11-19(29)25-12-15-9-14(24)10-18(26-15)22(31)27-17/h5-6,8,10-11,14,18,22H,7,9,12-13H2,1-4H3,(H,27,32)(H,29,34)(H,30,33);4-5,7,9-10,13,16,20,34H,6,8,11-12H2,1-3H3,(H,25,29)(H,27,31)(H,28,30)/b8-6+,19-5-;7-5+,17-4-/t18-,22+;16-,20+/m11/s1. The molecule has 2 aromatic rings. The lowest BCUT2D eigenvalue weighted by atomic mass is 10.0. The summed E-state index contributed by atoms with van der Waals surface area (Å²) in [5, 5.41) is 15.0. The van der Waals surface area contributed by atoms with E-state index in [0.29, 0.717) is 24.3 Å². The van der Waals surface area contributed by atoms with Crippen LogP contribution in [0.1, 0.15) is 107 Å². The van der Waals surface area contributed by atoms with Crippen molar-refractivity contribution in [1.82, 2.24) is 41.9 Å². The fraction of sp³-hybridized carbons (Fsp3) is 0.438. The van der Waals surface area contributed by atoms with Gasteiger partial charge in [0.15, 0.2) is 5.12 Å². The molecule has 23 heteroatoms. The molecule has 0 aliphatic carbocycles. The number of fused-ring (bicyclic) bond motifs is 4. The quantitative estimate of drug-likeness (QED) is 0.0617. The van der Waals surface area contributed by atoms with Gasteiger partial charge in [-0.15, -0.1) is 0 Å². The summed E-state index contributed by atoms with van der Waals surface area (Å²) in [6.45, 7) is 11.0. The van der Waals surface area contributed by atoms with Crippen LogP contribution in [0.5, 0.6) is 0 Å². The molecule has 0 saturated carbocycles. The summed E-state index contributed by atoms with van der Waals surface area (Å²) in [4.78, 5) is 121. The summed E-state index contributed by atoms with van der Waals surface area (Å²) in [6.07, 6.45) is 8.08. The highest BCUT2D eigenvalue weighted by molar-refractivity contribution is 8.13. The number of amides is 6. The summed E-state index contributed by atoms with van der Waals surface area (Å²) >= 11 is 5.28. The summed E-state index contributed by atoms with van der Waals surface area (Å²) in [7, 11) is 0. The SMILES string of the molecule is C/C=C1\NC(=O)c2cc(F)cc(n2)CNC(=O)C[C@@H](/C=C/CCS)OC(=O)[C@H](C(C)C)NC1=O.C/C=C1\NC(=O)c2cc(F)cc(n2)CNC(=O)C[C@@H](/C=C/CCSC(C)=O)OC(=O)[C@H](C(C)C)NC1=O.